The van der Waals surface area contributed by atoms with Gasteiger partial charge in [0.2, 0.25) is 5.91 Å². The number of hydrogen-bond donors (Lipinski definition) is 1. The summed E-state index contributed by atoms with van der Waals surface area (Å²) >= 11 is 3.23. The molecule has 0 saturated heterocycles. The molecule has 0 aromatic heterocycles. The third-order valence-corrected chi connectivity index (χ3v) is 3.62. The van der Waals surface area contributed by atoms with E-state index in [9.17, 15) is 14.9 Å². The Morgan fingerprint density at radius 2 is 2.04 bits per heavy atom. The molecule has 0 fully saturated rings. The number of rotatable bonds is 6. The van der Waals surface area contributed by atoms with E-state index in [1.54, 1.807) is 6.07 Å². The number of amides is 1. The van der Waals surface area contributed by atoms with Crippen LogP contribution in [0.2, 0.25) is 0 Å². The van der Waals surface area contributed by atoms with Crippen LogP contribution in [0.25, 0.3) is 0 Å². The largest absolute Gasteiger partial charge is 0.488 e. The minimum atomic E-state index is -0.628. The first kappa shape index (κ1) is 17.4. The minimum absolute atomic E-state index is 0.0217. The first-order valence-corrected chi connectivity index (χ1v) is 7.62. The lowest BCUT2D eigenvalue weighted by molar-refractivity contribution is -0.384. The zero-order valence-corrected chi connectivity index (χ0v) is 13.9. The molecule has 0 heterocycles. The molecule has 0 atom stereocenters. The van der Waals surface area contributed by atoms with E-state index in [1.165, 1.54) is 12.1 Å². The Bertz CT molecular complexity index is 803. The van der Waals surface area contributed by atoms with Gasteiger partial charge in [-0.3, -0.25) is 14.9 Å². The fourth-order valence-electron chi connectivity index (χ4n) is 1.91. The smallest absolute Gasteiger partial charge is 0.294 e. The monoisotopic (exact) mass is 389 g/mol. The van der Waals surface area contributed by atoms with Gasteiger partial charge in [-0.1, -0.05) is 30.3 Å². The van der Waals surface area contributed by atoms with E-state index in [0.717, 1.165) is 5.56 Å². The predicted octanol–water partition coefficient (Wildman–Crippen LogP) is 3.79. The Morgan fingerprint density at radius 3 is 2.67 bits per heavy atom. The molecule has 1 amide bonds. The van der Waals surface area contributed by atoms with Crippen molar-refractivity contribution in [3.63, 3.8) is 0 Å². The Hall–Kier alpha value is -2.92. The first-order valence-electron chi connectivity index (χ1n) is 6.82. The summed E-state index contributed by atoms with van der Waals surface area (Å²) in [5, 5.41) is 22.0. The van der Waals surface area contributed by atoms with E-state index in [1.807, 2.05) is 30.3 Å². The van der Waals surface area contributed by atoms with Crippen molar-refractivity contribution in [2.24, 2.45) is 0 Å². The minimum Gasteiger partial charge on any atom is -0.488 e. The van der Waals surface area contributed by atoms with Gasteiger partial charge in [0.05, 0.1) is 15.5 Å². The van der Waals surface area contributed by atoms with E-state index < -0.39 is 17.3 Å². The summed E-state index contributed by atoms with van der Waals surface area (Å²) in [4.78, 5) is 22.1. The lowest BCUT2D eigenvalue weighted by Gasteiger charge is -2.11. The SMILES string of the molecule is N#CCC(=O)Nc1cc(OCc2ccccc2)c(Br)cc1[N+](=O)[O-]. The van der Waals surface area contributed by atoms with Crippen LogP contribution in [0.1, 0.15) is 12.0 Å². The standard InChI is InChI=1S/C16H12BrN3O4/c17-12-8-14(20(22)23)13(19-16(21)6-7-18)9-15(12)24-10-11-4-2-1-3-5-11/h1-5,8-9H,6,10H2,(H,19,21). The van der Waals surface area contributed by atoms with Crippen LogP contribution >= 0.6 is 15.9 Å². The second-order valence-corrected chi connectivity index (χ2v) is 5.57. The number of anilines is 1. The van der Waals surface area contributed by atoms with Gasteiger partial charge >= 0.3 is 0 Å². The van der Waals surface area contributed by atoms with Crippen LogP contribution in [0, 0.1) is 21.4 Å². The Morgan fingerprint density at radius 1 is 1.33 bits per heavy atom. The summed E-state index contributed by atoms with van der Waals surface area (Å²) in [6.45, 7) is 0.267. The summed E-state index contributed by atoms with van der Waals surface area (Å²) in [7, 11) is 0. The summed E-state index contributed by atoms with van der Waals surface area (Å²) in [6, 6.07) is 13.7. The number of benzene rings is 2. The molecule has 0 bridgehead atoms. The summed E-state index contributed by atoms with van der Waals surface area (Å²) in [6.07, 6.45) is -0.395. The number of carbonyl (C=O) groups excluding carboxylic acids is 1. The highest BCUT2D eigenvalue weighted by molar-refractivity contribution is 9.10. The Kier molecular flexibility index (Phi) is 5.87. The molecule has 7 nitrogen and oxygen atoms in total. The van der Waals surface area contributed by atoms with Gasteiger partial charge in [-0.15, -0.1) is 0 Å². The zero-order chi connectivity index (χ0) is 17.5. The fraction of sp³-hybridized carbons (Fsp3) is 0.125. The molecule has 2 rings (SSSR count). The van der Waals surface area contributed by atoms with Crippen LogP contribution in [-0.2, 0) is 11.4 Å². The summed E-state index contributed by atoms with van der Waals surface area (Å²) in [5.41, 5.74) is 0.615. The van der Waals surface area contributed by atoms with Crippen molar-refractivity contribution >= 4 is 33.2 Å². The van der Waals surface area contributed by atoms with Crippen LogP contribution in [0.3, 0.4) is 0 Å². The number of nitrogens with zero attached hydrogens (tertiary/aromatic N) is 2. The zero-order valence-electron chi connectivity index (χ0n) is 12.4. The number of nitriles is 1. The average Bonchev–Trinajstić information content (AvgIpc) is 2.56. The lowest BCUT2D eigenvalue weighted by Crippen LogP contribution is -2.12. The van der Waals surface area contributed by atoms with E-state index in [-0.39, 0.29) is 18.0 Å². The molecule has 2 aromatic carbocycles. The highest BCUT2D eigenvalue weighted by Gasteiger charge is 2.20. The molecule has 0 spiro atoms. The third kappa shape index (κ3) is 4.54. The topological polar surface area (TPSA) is 105 Å². The maximum Gasteiger partial charge on any atom is 0.294 e. The number of nitro benzene ring substituents is 1. The van der Waals surface area contributed by atoms with Crippen molar-refractivity contribution in [1.82, 2.24) is 0 Å². The van der Waals surface area contributed by atoms with Crippen LogP contribution in [0.5, 0.6) is 5.75 Å². The Labute approximate surface area is 146 Å². The van der Waals surface area contributed by atoms with E-state index in [2.05, 4.69) is 21.2 Å². The van der Waals surface area contributed by atoms with E-state index >= 15 is 0 Å². The molecule has 0 aliphatic carbocycles. The van der Waals surface area contributed by atoms with Crippen molar-refractivity contribution in [2.45, 2.75) is 13.0 Å². The first-order chi connectivity index (χ1) is 11.5. The number of hydrogen-bond acceptors (Lipinski definition) is 5. The molecule has 0 aliphatic heterocycles. The van der Waals surface area contributed by atoms with Gasteiger partial charge in [0.1, 0.15) is 24.5 Å². The second-order valence-electron chi connectivity index (χ2n) is 4.71. The lowest BCUT2D eigenvalue weighted by atomic mass is 10.2. The molecule has 8 heteroatoms. The quantitative estimate of drug-likeness (QED) is 0.597. The van der Waals surface area contributed by atoms with Crippen molar-refractivity contribution in [3.8, 4) is 11.8 Å². The van der Waals surface area contributed by atoms with Crippen molar-refractivity contribution in [2.75, 3.05) is 5.32 Å². The molecule has 0 unspecified atom stereocenters. The molecule has 24 heavy (non-hydrogen) atoms. The highest BCUT2D eigenvalue weighted by atomic mass is 79.9. The number of nitrogens with one attached hydrogen (secondary N) is 1. The van der Waals surface area contributed by atoms with E-state index in [4.69, 9.17) is 10.00 Å². The fourth-order valence-corrected chi connectivity index (χ4v) is 2.35. The average molecular weight is 390 g/mol. The number of nitro groups is 1. The van der Waals surface area contributed by atoms with Crippen LogP contribution in [0.4, 0.5) is 11.4 Å². The summed E-state index contributed by atoms with van der Waals surface area (Å²) < 4.78 is 6.05. The van der Waals surface area contributed by atoms with Gasteiger partial charge in [-0.05, 0) is 21.5 Å². The van der Waals surface area contributed by atoms with Gasteiger partial charge in [0.15, 0.2) is 0 Å². The molecule has 0 saturated carbocycles. The van der Waals surface area contributed by atoms with Crippen molar-refractivity contribution in [3.05, 3.63) is 62.6 Å². The molecular weight excluding hydrogens is 378 g/mol. The van der Waals surface area contributed by atoms with Gasteiger partial charge < -0.3 is 10.1 Å². The number of halogens is 1. The van der Waals surface area contributed by atoms with Crippen molar-refractivity contribution in [1.29, 1.82) is 5.26 Å². The number of ether oxygens (including phenoxy) is 1. The summed E-state index contributed by atoms with van der Waals surface area (Å²) in [5.74, 6) is -0.284. The van der Waals surface area contributed by atoms with Crippen LogP contribution < -0.4 is 10.1 Å². The maximum absolute atomic E-state index is 11.6. The molecule has 1 N–H and O–H groups in total. The molecule has 2 aromatic rings. The predicted molar refractivity (Wildman–Crippen MR) is 90.4 cm³/mol. The van der Waals surface area contributed by atoms with Gasteiger partial charge in [-0.25, -0.2) is 0 Å². The molecular formula is C16H12BrN3O4. The van der Waals surface area contributed by atoms with Crippen molar-refractivity contribution < 1.29 is 14.5 Å². The molecule has 0 radical (unpaired) electrons. The van der Waals surface area contributed by atoms with Crippen LogP contribution in [-0.4, -0.2) is 10.8 Å². The van der Waals surface area contributed by atoms with Gasteiger partial charge in [0, 0.05) is 12.1 Å². The maximum atomic E-state index is 11.6. The molecule has 0 aliphatic rings. The van der Waals surface area contributed by atoms with Gasteiger partial charge in [0.25, 0.3) is 5.69 Å². The van der Waals surface area contributed by atoms with E-state index in [0.29, 0.717) is 10.2 Å². The molecule has 122 valence electrons. The third-order valence-electron chi connectivity index (χ3n) is 3.00. The van der Waals surface area contributed by atoms with Gasteiger partial charge in [-0.2, -0.15) is 5.26 Å². The normalized spacial score (nSPS) is 9.83. The Balaban J connectivity index is 2.26. The van der Waals surface area contributed by atoms with Crippen LogP contribution in [0.15, 0.2) is 46.9 Å². The second kappa shape index (κ2) is 8.08. The number of carbonyl (C=O) groups is 1. The highest BCUT2D eigenvalue weighted by Crippen LogP contribution is 2.36.